The van der Waals surface area contributed by atoms with Gasteiger partial charge in [0.2, 0.25) is 0 Å². The number of halogens is 2. The number of para-hydroxylation sites is 1. The Hall–Kier alpha value is -2.47. The third-order valence-corrected chi connectivity index (χ3v) is 3.75. The Morgan fingerprint density at radius 3 is 2.65 bits per heavy atom. The number of rotatable bonds is 4. The number of carboxylic acid groups (broad SMARTS) is 1. The van der Waals surface area contributed by atoms with Crippen LogP contribution in [0.2, 0.25) is 0 Å². The zero-order chi connectivity index (χ0) is 16.4. The molecule has 0 amide bonds. The molecule has 1 aliphatic rings. The summed E-state index contributed by atoms with van der Waals surface area (Å²) in [6, 6.07) is 11.6. The average molecular weight is 320 g/mol. The van der Waals surface area contributed by atoms with Crippen molar-refractivity contribution >= 4 is 5.97 Å². The molecule has 1 heterocycles. The Morgan fingerprint density at radius 1 is 1.17 bits per heavy atom. The summed E-state index contributed by atoms with van der Waals surface area (Å²) in [6.07, 6.45) is -0.528. The average Bonchev–Trinajstić information content (AvgIpc) is 2.53. The maximum absolute atomic E-state index is 12.6. The molecule has 0 saturated carbocycles. The van der Waals surface area contributed by atoms with E-state index in [1.54, 1.807) is 36.4 Å². The van der Waals surface area contributed by atoms with E-state index in [-0.39, 0.29) is 12.4 Å². The van der Waals surface area contributed by atoms with E-state index in [2.05, 4.69) is 4.74 Å². The second kappa shape index (κ2) is 6.34. The number of carboxylic acids is 1. The number of aliphatic carboxylic acids is 1. The molecule has 1 unspecified atom stereocenters. The number of alkyl halides is 2. The van der Waals surface area contributed by atoms with E-state index >= 15 is 0 Å². The third kappa shape index (κ3) is 3.03. The lowest BCUT2D eigenvalue weighted by atomic mass is 9.89. The first-order valence-electron chi connectivity index (χ1n) is 7.08. The number of benzene rings is 2. The fourth-order valence-electron chi connectivity index (χ4n) is 2.84. The highest BCUT2D eigenvalue weighted by atomic mass is 19.3. The molecule has 0 radical (unpaired) electrons. The van der Waals surface area contributed by atoms with E-state index in [1.165, 1.54) is 6.07 Å². The van der Waals surface area contributed by atoms with Gasteiger partial charge in [-0.25, -0.2) is 4.79 Å². The van der Waals surface area contributed by atoms with Crippen molar-refractivity contribution in [1.29, 1.82) is 0 Å². The molecule has 3 rings (SSSR count). The lowest BCUT2D eigenvalue weighted by Gasteiger charge is -2.25. The third-order valence-electron chi connectivity index (χ3n) is 3.75. The summed E-state index contributed by atoms with van der Waals surface area (Å²) in [5, 5.41) is 9.27. The number of ether oxygens (including phenoxy) is 2. The first kappa shape index (κ1) is 15.4. The lowest BCUT2D eigenvalue weighted by Crippen LogP contribution is -2.23. The number of hydrogen-bond donors (Lipinski definition) is 1. The fraction of sp³-hybridized carbons (Fsp3) is 0.235. The molecule has 0 fully saturated rings. The van der Waals surface area contributed by atoms with Crippen LogP contribution >= 0.6 is 0 Å². The van der Waals surface area contributed by atoms with Gasteiger partial charge < -0.3 is 14.6 Å². The molecule has 4 nitrogen and oxygen atoms in total. The van der Waals surface area contributed by atoms with Crippen molar-refractivity contribution in [2.24, 2.45) is 0 Å². The van der Waals surface area contributed by atoms with Crippen molar-refractivity contribution in [3.05, 3.63) is 53.6 Å². The zero-order valence-corrected chi connectivity index (χ0v) is 12.0. The molecule has 0 aromatic heterocycles. The Bertz CT molecular complexity index is 730. The van der Waals surface area contributed by atoms with Crippen LogP contribution in [-0.4, -0.2) is 24.3 Å². The van der Waals surface area contributed by atoms with Crippen molar-refractivity contribution < 1.29 is 28.2 Å². The molecule has 2 aromatic carbocycles. The minimum atomic E-state index is -2.93. The summed E-state index contributed by atoms with van der Waals surface area (Å²) < 4.78 is 35.1. The molecule has 0 bridgehead atoms. The summed E-state index contributed by atoms with van der Waals surface area (Å²) in [7, 11) is 0. The Morgan fingerprint density at radius 2 is 1.91 bits per heavy atom. The van der Waals surface area contributed by atoms with Gasteiger partial charge in [-0.15, -0.1) is 0 Å². The highest BCUT2D eigenvalue weighted by Crippen LogP contribution is 2.38. The summed E-state index contributed by atoms with van der Waals surface area (Å²) in [6.45, 7) is -2.66. The molecule has 0 aliphatic carbocycles. The molecular formula is C17H14F2O4. The van der Waals surface area contributed by atoms with Gasteiger partial charge in [-0.1, -0.05) is 36.4 Å². The molecule has 120 valence electrons. The molecule has 23 heavy (non-hydrogen) atoms. The Kier molecular flexibility index (Phi) is 4.25. The first-order valence-corrected chi connectivity index (χ1v) is 7.08. The standard InChI is InChI=1S/C17H14F2O4/c18-17(19)23-14-7-2-1-4-12(14)10-5-3-6-13-11(10)8-9-22-15(13)16(20)21/h1-7,15,17H,8-9H2,(H,20,21). The van der Waals surface area contributed by atoms with Gasteiger partial charge in [0.05, 0.1) is 6.61 Å². The summed E-state index contributed by atoms with van der Waals surface area (Å²) in [4.78, 5) is 11.3. The van der Waals surface area contributed by atoms with Crippen LogP contribution in [0.5, 0.6) is 5.75 Å². The van der Waals surface area contributed by atoms with Crippen molar-refractivity contribution in [3.8, 4) is 16.9 Å². The van der Waals surface area contributed by atoms with Crippen molar-refractivity contribution in [3.63, 3.8) is 0 Å². The highest BCUT2D eigenvalue weighted by Gasteiger charge is 2.29. The summed E-state index contributed by atoms with van der Waals surface area (Å²) in [5.41, 5.74) is 2.54. The van der Waals surface area contributed by atoms with Crippen molar-refractivity contribution in [2.45, 2.75) is 19.1 Å². The quantitative estimate of drug-likeness (QED) is 0.934. The van der Waals surface area contributed by atoms with E-state index in [0.29, 0.717) is 23.1 Å². The van der Waals surface area contributed by atoms with Gasteiger partial charge in [0.25, 0.3) is 0 Å². The van der Waals surface area contributed by atoms with Gasteiger partial charge in [0.1, 0.15) is 5.75 Å². The summed E-state index contributed by atoms with van der Waals surface area (Å²) >= 11 is 0. The van der Waals surface area contributed by atoms with Crippen LogP contribution in [0.15, 0.2) is 42.5 Å². The lowest BCUT2D eigenvalue weighted by molar-refractivity contribution is -0.151. The van der Waals surface area contributed by atoms with Crippen LogP contribution in [-0.2, 0) is 16.0 Å². The molecule has 0 spiro atoms. The van der Waals surface area contributed by atoms with E-state index in [0.717, 1.165) is 5.56 Å². The molecule has 1 atom stereocenters. The zero-order valence-electron chi connectivity index (χ0n) is 12.0. The van der Waals surface area contributed by atoms with Gasteiger partial charge in [0, 0.05) is 5.56 Å². The van der Waals surface area contributed by atoms with Crippen LogP contribution in [0.25, 0.3) is 11.1 Å². The maximum atomic E-state index is 12.6. The Balaban J connectivity index is 2.12. The van der Waals surface area contributed by atoms with Crippen LogP contribution < -0.4 is 4.74 Å². The molecule has 0 saturated heterocycles. The van der Waals surface area contributed by atoms with E-state index in [1.807, 2.05) is 0 Å². The Labute approximate surface area is 131 Å². The van der Waals surface area contributed by atoms with Gasteiger partial charge in [0.15, 0.2) is 6.10 Å². The van der Waals surface area contributed by atoms with E-state index in [9.17, 15) is 18.7 Å². The topological polar surface area (TPSA) is 55.8 Å². The van der Waals surface area contributed by atoms with Crippen molar-refractivity contribution in [1.82, 2.24) is 0 Å². The predicted octanol–water partition coefficient (Wildman–Crippen LogP) is 3.65. The molecule has 1 N–H and O–H groups in total. The monoisotopic (exact) mass is 320 g/mol. The number of fused-ring (bicyclic) bond motifs is 1. The van der Waals surface area contributed by atoms with Crippen LogP contribution in [0.1, 0.15) is 17.2 Å². The minimum absolute atomic E-state index is 0.0641. The van der Waals surface area contributed by atoms with Crippen LogP contribution in [0, 0.1) is 0 Å². The van der Waals surface area contributed by atoms with Crippen LogP contribution in [0.3, 0.4) is 0 Å². The van der Waals surface area contributed by atoms with Crippen molar-refractivity contribution in [2.75, 3.05) is 6.61 Å². The van der Waals surface area contributed by atoms with Gasteiger partial charge in [-0.3, -0.25) is 0 Å². The van der Waals surface area contributed by atoms with Crippen LogP contribution in [0.4, 0.5) is 8.78 Å². The fourth-order valence-corrected chi connectivity index (χ4v) is 2.84. The molecule has 6 heteroatoms. The molecule has 2 aromatic rings. The largest absolute Gasteiger partial charge is 0.479 e. The maximum Gasteiger partial charge on any atom is 0.387 e. The van der Waals surface area contributed by atoms with Gasteiger partial charge >= 0.3 is 12.6 Å². The van der Waals surface area contributed by atoms with Gasteiger partial charge in [-0.05, 0) is 29.2 Å². The second-order valence-electron chi connectivity index (χ2n) is 5.09. The normalized spacial score (nSPS) is 16.9. The molecular weight excluding hydrogens is 306 g/mol. The smallest absolute Gasteiger partial charge is 0.387 e. The summed E-state index contributed by atoms with van der Waals surface area (Å²) in [5.74, 6) is -1.01. The highest BCUT2D eigenvalue weighted by molar-refractivity contribution is 5.80. The van der Waals surface area contributed by atoms with Gasteiger partial charge in [-0.2, -0.15) is 8.78 Å². The number of carbonyl (C=O) groups is 1. The SMILES string of the molecule is O=C(O)C1OCCc2c(-c3ccccc3OC(F)F)cccc21. The van der Waals surface area contributed by atoms with E-state index in [4.69, 9.17) is 4.74 Å². The second-order valence-corrected chi connectivity index (χ2v) is 5.09. The van der Waals surface area contributed by atoms with E-state index < -0.39 is 18.7 Å². The molecule has 1 aliphatic heterocycles. The first-order chi connectivity index (χ1) is 11.1. The predicted molar refractivity (Wildman–Crippen MR) is 78.5 cm³/mol. The minimum Gasteiger partial charge on any atom is -0.479 e. The number of hydrogen-bond acceptors (Lipinski definition) is 3.